The van der Waals surface area contributed by atoms with Crippen LogP contribution in [0.3, 0.4) is 0 Å². The van der Waals surface area contributed by atoms with Gasteiger partial charge in [-0.3, -0.25) is 9.59 Å². The second-order valence-corrected chi connectivity index (χ2v) is 7.61. The number of ketones is 1. The molecule has 2 bridgehead atoms. The van der Waals surface area contributed by atoms with Gasteiger partial charge in [-0.2, -0.15) is 0 Å². The van der Waals surface area contributed by atoms with E-state index in [0.717, 1.165) is 36.3 Å². The van der Waals surface area contributed by atoms with Gasteiger partial charge < -0.3 is 10.2 Å². The van der Waals surface area contributed by atoms with E-state index in [9.17, 15) is 9.59 Å². The molecule has 6 heteroatoms. The van der Waals surface area contributed by atoms with Gasteiger partial charge in [0.25, 0.3) is 11.7 Å². The van der Waals surface area contributed by atoms with Crippen LogP contribution >= 0.6 is 27.3 Å². The van der Waals surface area contributed by atoms with Gasteiger partial charge in [0.15, 0.2) is 0 Å². The molecule has 4 nitrogen and oxygen atoms in total. The number of nitrogens with zero attached hydrogens (tertiary/aromatic N) is 1. The molecule has 0 aromatic carbocycles. The molecule has 0 aliphatic carbocycles. The summed E-state index contributed by atoms with van der Waals surface area (Å²) in [6.45, 7) is 3.14. The first-order valence-corrected chi connectivity index (χ1v) is 8.07. The maximum absolute atomic E-state index is 12.0. The Morgan fingerprint density at radius 3 is 2.58 bits per heavy atom. The largest absolute Gasteiger partial charge is 0.345 e. The zero-order chi connectivity index (χ0) is 13.4. The quantitative estimate of drug-likeness (QED) is 0.674. The van der Waals surface area contributed by atoms with Crippen LogP contribution in [0.4, 0.5) is 0 Å². The molecule has 3 aliphatic heterocycles. The number of carbonyl (C=O) groups excluding carboxylic acids is 2. The topological polar surface area (TPSA) is 49.4 Å². The predicted octanol–water partition coefficient (Wildman–Crippen LogP) is 1.90. The molecular weight excluding hydrogens is 328 g/mol. The third-order valence-corrected chi connectivity index (χ3v) is 5.60. The molecule has 4 rings (SSSR count). The minimum Gasteiger partial charge on any atom is -0.345 e. The van der Waals surface area contributed by atoms with E-state index in [1.807, 2.05) is 0 Å². The summed E-state index contributed by atoms with van der Waals surface area (Å²) >= 11 is 4.60. The van der Waals surface area contributed by atoms with E-state index in [4.69, 9.17) is 0 Å². The normalized spacial score (nSPS) is 29.2. The lowest BCUT2D eigenvalue weighted by molar-refractivity contribution is -0.119. The van der Waals surface area contributed by atoms with E-state index in [2.05, 4.69) is 26.1 Å². The summed E-state index contributed by atoms with van der Waals surface area (Å²) in [7, 11) is 0. The van der Waals surface area contributed by atoms with Crippen LogP contribution < -0.4 is 5.32 Å². The number of piperidine rings is 3. The van der Waals surface area contributed by atoms with Crippen molar-refractivity contribution in [1.29, 1.82) is 0 Å². The number of rotatable bonds is 3. The van der Waals surface area contributed by atoms with Crippen LogP contribution in [-0.4, -0.2) is 42.3 Å². The van der Waals surface area contributed by atoms with E-state index in [-0.39, 0.29) is 6.04 Å². The fourth-order valence-corrected chi connectivity index (χ4v) is 4.23. The van der Waals surface area contributed by atoms with Gasteiger partial charge in [0.2, 0.25) is 0 Å². The van der Waals surface area contributed by atoms with Crippen molar-refractivity contribution in [2.75, 3.05) is 19.6 Å². The van der Waals surface area contributed by atoms with Gasteiger partial charge in [-0.05, 0) is 59.9 Å². The summed E-state index contributed by atoms with van der Waals surface area (Å²) in [5.74, 6) is -0.350. The Kier molecular flexibility index (Phi) is 3.73. The molecule has 1 atom stereocenters. The molecule has 19 heavy (non-hydrogen) atoms. The van der Waals surface area contributed by atoms with Crippen molar-refractivity contribution in [1.82, 2.24) is 10.2 Å². The van der Waals surface area contributed by atoms with E-state index in [0.29, 0.717) is 10.8 Å². The lowest BCUT2D eigenvalue weighted by Gasteiger charge is -2.44. The SMILES string of the molecule is O=C(NC1CN2CCC1CC2)C(=O)c1ccc(Br)s1. The van der Waals surface area contributed by atoms with Gasteiger partial charge in [0.1, 0.15) is 0 Å². The number of Topliss-reactive ketones (excluding diaryl/α,β-unsaturated/α-hetero) is 1. The highest BCUT2D eigenvalue weighted by Crippen LogP contribution is 2.28. The second-order valence-electron chi connectivity index (χ2n) is 5.15. The number of amides is 1. The molecule has 102 valence electrons. The zero-order valence-electron chi connectivity index (χ0n) is 10.4. The molecule has 1 aromatic heterocycles. The van der Waals surface area contributed by atoms with Crippen LogP contribution in [0.25, 0.3) is 0 Å². The number of fused-ring (bicyclic) bond motifs is 3. The monoisotopic (exact) mass is 342 g/mol. The maximum atomic E-state index is 12.0. The second kappa shape index (κ2) is 5.34. The molecule has 1 amide bonds. The fraction of sp³-hybridized carbons (Fsp3) is 0.538. The summed E-state index contributed by atoms with van der Waals surface area (Å²) in [5, 5.41) is 2.92. The van der Waals surface area contributed by atoms with Crippen LogP contribution in [0.5, 0.6) is 0 Å². The van der Waals surface area contributed by atoms with Gasteiger partial charge in [-0.25, -0.2) is 0 Å². The van der Waals surface area contributed by atoms with Crippen LogP contribution in [0.1, 0.15) is 22.5 Å². The molecule has 1 N–H and O–H groups in total. The number of carbonyl (C=O) groups is 2. The molecule has 3 fully saturated rings. The number of hydrogen-bond acceptors (Lipinski definition) is 4. The molecule has 1 unspecified atom stereocenters. The summed E-state index contributed by atoms with van der Waals surface area (Å²) in [5.41, 5.74) is 0. The molecule has 0 radical (unpaired) electrons. The Labute approximate surface area is 124 Å². The van der Waals surface area contributed by atoms with Crippen molar-refractivity contribution in [3.63, 3.8) is 0 Å². The Morgan fingerprint density at radius 1 is 1.32 bits per heavy atom. The summed E-state index contributed by atoms with van der Waals surface area (Å²) in [6.07, 6.45) is 2.26. The van der Waals surface area contributed by atoms with E-state index in [1.54, 1.807) is 12.1 Å². The van der Waals surface area contributed by atoms with Crippen molar-refractivity contribution in [2.24, 2.45) is 5.92 Å². The highest BCUT2D eigenvalue weighted by molar-refractivity contribution is 9.11. The average Bonchev–Trinajstić information content (AvgIpc) is 2.86. The molecule has 3 aliphatic rings. The Balaban J connectivity index is 1.63. The highest BCUT2D eigenvalue weighted by Gasteiger charge is 2.35. The third-order valence-electron chi connectivity index (χ3n) is 3.98. The summed E-state index contributed by atoms with van der Waals surface area (Å²) in [6, 6.07) is 3.62. The third kappa shape index (κ3) is 2.75. The van der Waals surface area contributed by atoms with E-state index < -0.39 is 11.7 Å². The molecule has 0 saturated carbocycles. The van der Waals surface area contributed by atoms with Crippen LogP contribution in [0.15, 0.2) is 15.9 Å². The first-order chi connectivity index (χ1) is 9.13. The molecule has 1 aromatic rings. The van der Waals surface area contributed by atoms with Crippen LogP contribution in [0, 0.1) is 5.92 Å². The minimum absolute atomic E-state index is 0.141. The maximum Gasteiger partial charge on any atom is 0.293 e. The van der Waals surface area contributed by atoms with Crippen molar-refractivity contribution in [2.45, 2.75) is 18.9 Å². The van der Waals surface area contributed by atoms with E-state index in [1.165, 1.54) is 11.3 Å². The standard InChI is InChI=1S/C13H15BrN2O2S/c14-11-2-1-10(19-11)12(17)13(18)15-9-7-16-5-3-8(9)4-6-16/h1-2,8-9H,3-7H2,(H,15,18). The first kappa shape index (κ1) is 13.3. The van der Waals surface area contributed by atoms with Crippen LogP contribution in [-0.2, 0) is 4.79 Å². The van der Waals surface area contributed by atoms with Gasteiger partial charge >= 0.3 is 0 Å². The Morgan fingerprint density at radius 2 is 2.05 bits per heavy atom. The predicted molar refractivity (Wildman–Crippen MR) is 77.4 cm³/mol. The Hall–Kier alpha value is -0.720. The number of thiophene rings is 1. The van der Waals surface area contributed by atoms with Crippen molar-refractivity contribution in [3.05, 3.63) is 20.8 Å². The van der Waals surface area contributed by atoms with Gasteiger partial charge in [-0.15, -0.1) is 11.3 Å². The van der Waals surface area contributed by atoms with Gasteiger partial charge in [0.05, 0.1) is 8.66 Å². The van der Waals surface area contributed by atoms with Crippen molar-refractivity contribution < 1.29 is 9.59 Å². The van der Waals surface area contributed by atoms with Crippen LogP contribution in [0.2, 0.25) is 0 Å². The first-order valence-electron chi connectivity index (χ1n) is 6.46. The molecule has 4 heterocycles. The zero-order valence-corrected chi connectivity index (χ0v) is 12.8. The molecule has 0 spiro atoms. The summed E-state index contributed by atoms with van der Waals surface area (Å²) < 4.78 is 0.867. The lowest BCUT2D eigenvalue weighted by Crippen LogP contribution is -2.58. The summed E-state index contributed by atoms with van der Waals surface area (Å²) in [4.78, 5) is 26.9. The van der Waals surface area contributed by atoms with Gasteiger partial charge in [0, 0.05) is 12.6 Å². The number of nitrogens with one attached hydrogen (secondary N) is 1. The Bertz CT molecular complexity index is 508. The van der Waals surface area contributed by atoms with Crippen molar-refractivity contribution in [3.8, 4) is 0 Å². The van der Waals surface area contributed by atoms with Gasteiger partial charge in [-0.1, -0.05) is 0 Å². The average molecular weight is 343 g/mol. The number of hydrogen-bond donors (Lipinski definition) is 1. The highest BCUT2D eigenvalue weighted by atomic mass is 79.9. The lowest BCUT2D eigenvalue weighted by atomic mass is 9.84. The van der Waals surface area contributed by atoms with E-state index >= 15 is 0 Å². The number of halogens is 1. The van der Waals surface area contributed by atoms with Crippen molar-refractivity contribution >= 4 is 39.0 Å². The minimum atomic E-state index is -0.465. The smallest absolute Gasteiger partial charge is 0.293 e. The molecular formula is C13H15BrN2O2S. The fourth-order valence-electron chi connectivity index (χ4n) is 2.91. The molecule has 3 saturated heterocycles.